The molecule has 144 valence electrons. The molecule has 0 aliphatic carbocycles. The van der Waals surface area contributed by atoms with Crippen LogP contribution in [-0.2, 0) is 10.3 Å². The molecule has 0 bridgehead atoms. The summed E-state index contributed by atoms with van der Waals surface area (Å²) in [7, 11) is 0. The highest BCUT2D eigenvalue weighted by atomic mass is 32.1. The van der Waals surface area contributed by atoms with Gasteiger partial charge >= 0.3 is 5.92 Å². The zero-order valence-corrected chi connectivity index (χ0v) is 16.0. The van der Waals surface area contributed by atoms with Crippen LogP contribution in [0.5, 0.6) is 0 Å². The molecular weight excluding hydrogens is 375 g/mol. The van der Waals surface area contributed by atoms with Crippen LogP contribution >= 0.6 is 12.2 Å². The predicted molar refractivity (Wildman–Crippen MR) is 102 cm³/mol. The molecule has 2 heterocycles. The molecule has 2 aromatic rings. The van der Waals surface area contributed by atoms with E-state index in [4.69, 9.17) is 17.0 Å². The Hall–Kier alpha value is -2.19. The van der Waals surface area contributed by atoms with E-state index in [1.54, 1.807) is 24.5 Å². The van der Waals surface area contributed by atoms with Crippen molar-refractivity contribution in [3.05, 3.63) is 54.1 Å². The maximum Gasteiger partial charge on any atom is 0.302 e. The quantitative estimate of drug-likeness (QED) is 0.747. The second-order valence-electron chi connectivity index (χ2n) is 7.11. The van der Waals surface area contributed by atoms with Gasteiger partial charge in [-0.1, -0.05) is 12.2 Å². The van der Waals surface area contributed by atoms with Crippen molar-refractivity contribution in [2.24, 2.45) is 0 Å². The molecule has 1 aromatic carbocycles. The lowest BCUT2D eigenvalue weighted by atomic mass is 9.77. The number of hydrogen-bond donors (Lipinski definition) is 2. The number of thiocarbonyl (C=S) groups is 1. The number of alkyl halides is 2. The molecule has 0 unspecified atom stereocenters. The smallest absolute Gasteiger partial charge is 0.302 e. The van der Waals surface area contributed by atoms with Crippen LogP contribution in [0.4, 0.5) is 24.5 Å². The number of nitrogens with zero attached hydrogens (tertiary/aromatic N) is 1. The van der Waals surface area contributed by atoms with Gasteiger partial charge in [-0.3, -0.25) is 4.98 Å². The minimum absolute atomic E-state index is 0.0905. The fraction of sp³-hybridized carbons (Fsp3) is 0.368. The van der Waals surface area contributed by atoms with Gasteiger partial charge in [-0.15, -0.1) is 0 Å². The van der Waals surface area contributed by atoms with Crippen molar-refractivity contribution in [3.63, 3.8) is 0 Å². The number of pyridine rings is 1. The monoisotopic (exact) mass is 395 g/mol. The lowest BCUT2D eigenvalue weighted by Gasteiger charge is -2.44. The second kappa shape index (κ2) is 6.76. The maximum atomic E-state index is 15.4. The van der Waals surface area contributed by atoms with Crippen molar-refractivity contribution in [3.8, 4) is 0 Å². The van der Waals surface area contributed by atoms with Gasteiger partial charge < -0.3 is 15.4 Å². The average Bonchev–Trinajstić information content (AvgIpc) is 2.67. The number of nitrogens with one attached hydrogen (secondary N) is 2. The Labute approximate surface area is 161 Å². The molecule has 1 aliphatic rings. The molecule has 1 aromatic heterocycles. The van der Waals surface area contributed by atoms with E-state index < -0.39 is 22.9 Å². The van der Waals surface area contributed by atoms with Gasteiger partial charge in [-0.05, 0) is 51.1 Å². The lowest BCUT2D eigenvalue weighted by Crippen LogP contribution is -2.62. The number of aromatic nitrogens is 1. The summed E-state index contributed by atoms with van der Waals surface area (Å²) in [6.45, 7) is 3.62. The van der Waals surface area contributed by atoms with Gasteiger partial charge in [0.25, 0.3) is 0 Å². The van der Waals surface area contributed by atoms with Crippen LogP contribution in [0.25, 0.3) is 0 Å². The molecule has 3 rings (SSSR count). The maximum absolute atomic E-state index is 15.4. The lowest BCUT2D eigenvalue weighted by molar-refractivity contribution is -0.216. The van der Waals surface area contributed by atoms with E-state index in [9.17, 15) is 4.39 Å². The van der Waals surface area contributed by atoms with Crippen molar-refractivity contribution >= 4 is 28.6 Å². The number of anilines is 2. The first kappa shape index (κ1) is 19.6. The summed E-state index contributed by atoms with van der Waals surface area (Å²) in [4.78, 5) is 4.08. The van der Waals surface area contributed by atoms with E-state index in [2.05, 4.69) is 15.6 Å². The number of benzene rings is 1. The van der Waals surface area contributed by atoms with Crippen molar-refractivity contribution in [2.45, 2.75) is 37.8 Å². The highest BCUT2D eigenvalue weighted by molar-refractivity contribution is 7.80. The van der Waals surface area contributed by atoms with Crippen molar-refractivity contribution in [1.29, 1.82) is 0 Å². The molecule has 1 saturated heterocycles. The Kier molecular flexibility index (Phi) is 4.90. The molecule has 1 fully saturated rings. The fourth-order valence-electron chi connectivity index (χ4n) is 3.16. The molecule has 27 heavy (non-hydrogen) atoms. The molecule has 1 atom stereocenters. The highest BCUT2D eigenvalue weighted by Crippen LogP contribution is 2.48. The minimum atomic E-state index is -3.46. The summed E-state index contributed by atoms with van der Waals surface area (Å²) in [5, 5.41) is 5.66. The first-order valence-electron chi connectivity index (χ1n) is 8.37. The summed E-state index contributed by atoms with van der Waals surface area (Å²) in [5.41, 5.74) is -3.05. The van der Waals surface area contributed by atoms with E-state index in [1.807, 2.05) is 0 Å². The van der Waals surface area contributed by atoms with Crippen molar-refractivity contribution in [1.82, 2.24) is 10.3 Å². The third-order valence-corrected chi connectivity index (χ3v) is 5.01. The van der Waals surface area contributed by atoms with Gasteiger partial charge in [0.1, 0.15) is 21.9 Å². The van der Waals surface area contributed by atoms with Crippen molar-refractivity contribution < 1.29 is 17.9 Å². The molecule has 0 radical (unpaired) electrons. The molecular formula is C19H20F3N3OS. The van der Waals surface area contributed by atoms with Gasteiger partial charge in [0.05, 0.1) is 18.5 Å². The van der Waals surface area contributed by atoms with Crippen molar-refractivity contribution in [2.75, 3.05) is 11.9 Å². The minimum Gasteiger partial charge on any atom is -0.363 e. The summed E-state index contributed by atoms with van der Waals surface area (Å²) in [6.07, 6.45) is 3.19. The molecule has 0 spiro atoms. The Morgan fingerprint density at radius 1 is 1.19 bits per heavy atom. The van der Waals surface area contributed by atoms with Crippen LogP contribution < -0.4 is 10.6 Å². The van der Waals surface area contributed by atoms with Gasteiger partial charge in [0, 0.05) is 17.4 Å². The SMILES string of the molecule is CC1(C)OCC(=S)N[C@](C)(c2cc(Nc3cccnc3)ccc2F)C1(F)F. The molecule has 0 saturated carbocycles. The van der Waals surface area contributed by atoms with E-state index in [1.165, 1.54) is 32.9 Å². The largest absolute Gasteiger partial charge is 0.363 e. The molecule has 8 heteroatoms. The number of rotatable bonds is 3. The van der Waals surface area contributed by atoms with Gasteiger partial charge in [0.15, 0.2) is 0 Å². The number of hydrogen-bond acceptors (Lipinski definition) is 4. The van der Waals surface area contributed by atoms with Crippen LogP contribution in [-0.4, -0.2) is 28.1 Å². The summed E-state index contributed by atoms with van der Waals surface area (Å²) in [6, 6.07) is 7.48. The van der Waals surface area contributed by atoms with Crippen LogP contribution in [0.3, 0.4) is 0 Å². The van der Waals surface area contributed by atoms with Gasteiger partial charge in [-0.2, -0.15) is 0 Å². The summed E-state index contributed by atoms with van der Waals surface area (Å²) in [5.74, 6) is -4.23. The molecule has 2 N–H and O–H groups in total. The third kappa shape index (κ3) is 3.39. The first-order chi connectivity index (χ1) is 12.6. The van der Waals surface area contributed by atoms with Crippen LogP contribution in [0.2, 0.25) is 0 Å². The van der Waals surface area contributed by atoms with E-state index in [-0.39, 0.29) is 17.2 Å². The average molecular weight is 395 g/mol. The van der Waals surface area contributed by atoms with Gasteiger partial charge in [-0.25, -0.2) is 13.2 Å². The molecule has 1 aliphatic heterocycles. The second-order valence-corrected chi connectivity index (χ2v) is 7.60. The number of ether oxygens (including phenoxy) is 1. The van der Waals surface area contributed by atoms with Crippen LogP contribution in [0.1, 0.15) is 26.3 Å². The Morgan fingerprint density at radius 3 is 2.59 bits per heavy atom. The third-order valence-electron chi connectivity index (χ3n) is 4.79. The zero-order valence-electron chi connectivity index (χ0n) is 15.1. The molecule has 0 amide bonds. The first-order valence-corrected chi connectivity index (χ1v) is 8.77. The van der Waals surface area contributed by atoms with Crippen LogP contribution in [0, 0.1) is 5.82 Å². The van der Waals surface area contributed by atoms with E-state index >= 15 is 8.78 Å². The van der Waals surface area contributed by atoms with E-state index in [0.717, 1.165) is 6.07 Å². The predicted octanol–water partition coefficient (Wildman–Crippen LogP) is 4.54. The molecule has 4 nitrogen and oxygen atoms in total. The number of halogens is 3. The Balaban J connectivity index is 2.09. The standard InChI is InChI=1S/C19H20F3N3OS/c1-17(2)19(21,22)18(3,25-16(27)11-26-17)14-9-12(6-7-15(14)20)24-13-5-4-8-23-10-13/h4-10,24H,11H2,1-3H3,(H,25,27)/t18-/m1/s1. The fourth-order valence-corrected chi connectivity index (χ4v) is 3.42. The Bertz CT molecular complexity index is 861. The zero-order chi connectivity index (χ0) is 19.9. The van der Waals surface area contributed by atoms with Gasteiger partial charge in [0.2, 0.25) is 0 Å². The topological polar surface area (TPSA) is 46.2 Å². The van der Waals surface area contributed by atoms with Crippen LogP contribution in [0.15, 0.2) is 42.7 Å². The highest BCUT2D eigenvalue weighted by Gasteiger charge is 2.64. The summed E-state index contributed by atoms with van der Waals surface area (Å²) >= 11 is 5.11. The normalized spacial score (nSPS) is 24.0. The Morgan fingerprint density at radius 2 is 1.93 bits per heavy atom. The summed E-state index contributed by atoms with van der Waals surface area (Å²) < 4.78 is 50.9. The van der Waals surface area contributed by atoms with E-state index in [0.29, 0.717) is 11.4 Å².